The third kappa shape index (κ3) is 2.32. The minimum Gasteiger partial charge on any atom is -0.258 e. The van der Waals surface area contributed by atoms with Crippen molar-refractivity contribution >= 4 is 28.2 Å². The molecule has 0 aliphatic carbocycles. The van der Waals surface area contributed by atoms with E-state index in [9.17, 15) is 10.1 Å². The van der Waals surface area contributed by atoms with Crippen LogP contribution >= 0.6 is 11.6 Å². The van der Waals surface area contributed by atoms with Crippen LogP contribution in [0.1, 0.15) is 5.56 Å². The van der Waals surface area contributed by atoms with Crippen LogP contribution < -0.4 is 0 Å². The van der Waals surface area contributed by atoms with Crippen molar-refractivity contribution in [3.05, 3.63) is 63.3 Å². The molecule has 0 aliphatic rings. The molecular formula is C15H10ClN3O2. The normalized spacial score (nSPS) is 10.8. The minimum atomic E-state index is -0.481. The second-order valence-electron chi connectivity index (χ2n) is 4.58. The van der Waals surface area contributed by atoms with Crippen molar-refractivity contribution in [2.45, 2.75) is 6.92 Å². The van der Waals surface area contributed by atoms with Crippen molar-refractivity contribution in [1.29, 1.82) is 0 Å². The molecule has 5 nitrogen and oxygen atoms in total. The van der Waals surface area contributed by atoms with E-state index in [4.69, 9.17) is 11.6 Å². The van der Waals surface area contributed by atoms with E-state index in [0.29, 0.717) is 11.3 Å². The van der Waals surface area contributed by atoms with Gasteiger partial charge in [-0.1, -0.05) is 41.9 Å². The molecule has 0 radical (unpaired) electrons. The van der Waals surface area contributed by atoms with E-state index in [-0.39, 0.29) is 16.2 Å². The van der Waals surface area contributed by atoms with E-state index in [2.05, 4.69) is 9.97 Å². The number of rotatable bonds is 2. The fraction of sp³-hybridized carbons (Fsp3) is 0.0667. The second-order valence-corrected chi connectivity index (χ2v) is 4.94. The molecule has 0 atom stereocenters. The summed E-state index contributed by atoms with van der Waals surface area (Å²) in [6, 6.07) is 12.3. The van der Waals surface area contributed by atoms with E-state index in [1.807, 2.05) is 31.2 Å². The highest BCUT2D eigenvalue weighted by Crippen LogP contribution is 2.32. The van der Waals surface area contributed by atoms with E-state index in [1.165, 1.54) is 6.07 Å². The molecule has 104 valence electrons. The summed E-state index contributed by atoms with van der Waals surface area (Å²) in [4.78, 5) is 19.2. The number of nitrogens with zero attached hydrogens (tertiary/aromatic N) is 3. The van der Waals surface area contributed by atoms with Gasteiger partial charge in [-0.3, -0.25) is 10.1 Å². The highest BCUT2D eigenvalue weighted by Gasteiger charge is 2.18. The number of halogens is 1. The van der Waals surface area contributed by atoms with Gasteiger partial charge in [0.05, 0.1) is 10.4 Å². The first-order valence-electron chi connectivity index (χ1n) is 6.24. The maximum Gasteiger partial charge on any atom is 0.281 e. The Bertz CT molecular complexity index is 865. The summed E-state index contributed by atoms with van der Waals surface area (Å²) in [5.41, 5.74) is 2.24. The van der Waals surface area contributed by atoms with Gasteiger partial charge in [-0.15, -0.1) is 0 Å². The maximum absolute atomic E-state index is 11.1. The van der Waals surface area contributed by atoms with Gasteiger partial charge in [-0.25, -0.2) is 9.97 Å². The molecule has 0 fully saturated rings. The number of fused-ring (bicyclic) bond motifs is 1. The van der Waals surface area contributed by atoms with Gasteiger partial charge in [0.15, 0.2) is 5.82 Å². The van der Waals surface area contributed by atoms with Crippen molar-refractivity contribution < 1.29 is 4.92 Å². The Balaban J connectivity index is 2.31. The summed E-state index contributed by atoms with van der Waals surface area (Å²) in [7, 11) is 0. The molecule has 1 heterocycles. The summed E-state index contributed by atoms with van der Waals surface area (Å²) in [5, 5.41) is 11.4. The zero-order valence-electron chi connectivity index (χ0n) is 11.1. The van der Waals surface area contributed by atoms with Gasteiger partial charge in [0.25, 0.3) is 5.69 Å². The van der Waals surface area contributed by atoms with Gasteiger partial charge < -0.3 is 0 Å². The number of hydrogen-bond acceptors (Lipinski definition) is 4. The first kappa shape index (κ1) is 13.5. The average Bonchev–Trinajstić information content (AvgIpc) is 2.46. The molecule has 0 saturated heterocycles. The Kier molecular flexibility index (Phi) is 3.27. The fourth-order valence-electron chi connectivity index (χ4n) is 2.22. The van der Waals surface area contributed by atoms with Crippen LogP contribution in [-0.4, -0.2) is 14.9 Å². The lowest BCUT2D eigenvalue weighted by Gasteiger charge is -2.07. The SMILES string of the molecule is Cc1ccccc1-c1nc(Cl)c2c([N+](=O)[O-])cccc2n1. The molecule has 1 aromatic heterocycles. The van der Waals surface area contributed by atoms with Gasteiger partial charge >= 0.3 is 0 Å². The summed E-state index contributed by atoms with van der Waals surface area (Å²) in [6.07, 6.45) is 0. The Labute approximate surface area is 125 Å². The zero-order valence-corrected chi connectivity index (χ0v) is 11.8. The second kappa shape index (κ2) is 5.10. The molecule has 0 spiro atoms. The van der Waals surface area contributed by atoms with Crippen LogP contribution in [0.5, 0.6) is 0 Å². The predicted octanol–water partition coefficient (Wildman–Crippen LogP) is 4.17. The van der Waals surface area contributed by atoms with Crippen molar-refractivity contribution in [1.82, 2.24) is 9.97 Å². The largest absolute Gasteiger partial charge is 0.281 e. The molecule has 0 unspecified atom stereocenters. The van der Waals surface area contributed by atoms with Crippen LogP contribution in [0.3, 0.4) is 0 Å². The Morgan fingerprint density at radius 3 is 2.57 bits per heavy atom. The Hall–Kier alpha value is -2.53. The fourth-order valence-corrected chi connectivity index (χ4v) is 2.49. The standard InChI is InChI=1S/C15H10ClN3O2/c1-9-5-2-3-6-10(9)15-17-11-7-4-8-12(19(20)21)13(11)14(16)18-15/h2-8H,1H3. The van der Waals surface area contributed by atoms with Gasteiger partial charge in [0.1, 0.15) is 10.5 Å². The monoisotopic (exact) mass is 299 g/mol. The van der Waals surface area contributed by atoms with Crippen LogP contribution in [0.15, 0.2) is 42.5 Å². The third-order valence-electron chi connectivity index (χ3n) is 3.24. The summed E-state index contributed by atoms with van der Waals surface area (Å²) in [6.45, 7) is 1.95. The molecule has 0 amide bonds. The number of nitro groups is 1. The number of aryl methyl sites for hydroxylation is 1. The van der Waals surface area contributed by atoms with E-state index in [0.717, 1.165) is 11.1 Å². The summed E-state index contributed by atoms with van der Waals surface area (Å²) < 4.78 is 0. The maximum atomic E-state index is 11.1. The highest BCUT2D eigenvalue weighted by atomic mass is 35.5. The van der Waals surface area contributed by atoms with Crippen LogP contribution in [0, 0.1) is 17.0 Å². The zero-order chi connectivity index (χ0) is 15.0. The lowest BCUT2D eigenvalue weighted by molar-refractivity contribution is -0.383. The lowest BCUT2D eigenvalue weighted by atomic mass is 10.1. The third-order valence-corrected chi connectivity index (χ3v) is 3.51. The van der Waals surface area contributed by atoms with Gasteiger partial charge in [-0.2, -0.15) is 0 Å². The number of aromatic nitrogens is 2. The molecule has 0 saturated carbocycles. The average molecular weight is 300 g/mol. The quantitative estimate of drug-likeness (QED) is 0.404. The molecule has 0 aliphatic heterocycles. The number of nitro benzene ring substituents is 1. The number of hydrogen-bond donors (Lipinski definition) is 0. The van der Waals surface area contributed by atoms with Crippen molar-refractivity contribution in [2.24, 2.45) is 0 Å². The first-order chi connectivity index (χ1) is 10.1. The smallest absolute Gasteiger partial charge is 0.258 e. The van der Waals surface area contributed by atoms with Crippen LogP contribution in [0.4, 0.5) is 5.69 Å². The molecule has 6 heteroatoms. The van der Waals surface area contributed by atoms with E-state index < -0.39 is 4.92 Å². The van der Waals surface area contributed by atoms with E-state index >= 15 is 0 Å². The van der Waals surface area contributed by atoms with Crippen molar-refractivity contribution in [3.8, 4) is 11.4 Å². The first-order valence-corrected chi connectivity index (χ1v) is 6.62. The van der Waals surface area contributed by atoms with Gasteiger partial charge in [0.2, 0.25) is 0 Å². The molecule has 3 aromatic rings. The van der Waals surface area contributed by atoms with Crippen LogP contribution in [0.25, 0.3) is 22.3 Å². The molecule has 21 heavy (non-hydrogen) atoms. The minimum absolute atomic E-state index is 0.0885. The Morgan fingerprint density at radius 1 is 1.10 bits per heavy atom. The van der Waals surface area contributed by atoms with Gasteiger partial charge in [-0.05, 0) is 18.6 Å². The lowest BCUT2D eigenvalue weighted by Crippen LogP contribution is -1.97. The van der Waals surface area contributed by atoms with Gasteiger partial charge in [0, 0.05) is 11.6 Å². The molecule has 0 bridgehead atoms. The van der Waals surface area contributed by atoms with Crippen molar-refractivity contribution in [2.75, 3.05) is 0 Å². The predicted molar refractivity (Wildman–Crippen MR) is 81.4 cm³/mol. The molecule has 2 aromatic carbocycles. The summed E-state index contributed by atoms with van der Waals surface area (Å²) >= 11 is 6.16. The Morgan fingerprint density at radius 2 is 1.86 bits per heavy atom. The number of benzene rings is 2. The van der Waals surface area contributed by atoms with Crippen molar-refractivity contribution in [3.63, 3.8) is 0 Å². The molecule has 3 rings (SSSR count). The molecule has 0 N–H and O–H groups in total. The number of non-ortho nitro benzene ring substituents is 1. The highest BCUT2D eigenvalue weighted by molar-refractivity contribution is 6.35. The molecular weight excluding hydrogens is 290 g/mol. The summed E-state index contributed by atoms with van der Waals surface area (Å²) in [5.74, 6) is 0.464. The topological polar surface area (TPSA) is 68.9 Å². The van der Waals surface area contributed by atoms with Crippen LogP contribution in [-0.2, 0) is 0 Å². The van der Waals surface area contributed by atoms with Crippen LogP contribution in [0.2, 0.25) is 5.15 Å². The van der Waals surface area contributed by atoms with E-state index in [1.54, 1.807) is 12.1 Å².